The summed E-state index contributed by atoms with van der Waals surface area (Å²) < 4.78 is 0. The zero-order valence-electron chi connectivity index (χ0n) is 33.8. The van der Waals surface area contributed by atoms with Crippen molar-refractivity contribution in [3.8, 4) is 24.8 Å². The van der Waals surface area contributed by atoms with Crippen LogP contribution in [0, 0.1) is 24.8 Å². The van der Waals surface area contributed by atoms with Gasteiger partial charge in [-0.15, -0.1) is 12.3 Å². The van der Waals surface area contributed by atoms with Crippen molar-refractivity contribution in [1.82, 2.24) is 25.9 Å². The van der Waals surface area contributed by atoms with Crippen LogP contribution in [0.25, 0.3) is 10.9 Å². The number of likely N-dealkylation sites (N-methyl/N-ethyl adjacent to an activating group) is 1. The average molecular weight is 771 g/mol. The molecule has 302 valence electrons. The number of nitrogens with zero attached hydrogens (tertiary/aromatic N) is 2. The number of aryl methyl sites for hydroxylation is 1. The SMILES string of the molecule is C#CC.C#CN(c1ccc(C(=O)NCCCC(=O)NCCCC(=O)O)cc1)C1CCc2cc3nc(CO)[nH]c(=O)c3cc21.C=C(/C=C\C)C(=O)NC.CC.CC. The number of aromatic amines is 1. The average Bonchev–Trinajstić information content (AvgIpc) is 3.61. The van der Waals surface area contributed by atoms with E-state index in [2.05, 4.69) is 50.9 Å². The van der Waals surface area contributed by atoms with Crippen LogP contribution in [-0.2, 0) is 27.4 Å². The maximum Gasteiger partial charge on any atom is 0.303 e. The van der Waals surface area contributed by atoms with Gasteiger partial charge in [0.15, 0.2) is 0 Å². The van der Waals surface area contributed by atoms with Crippen molar-refractivity contribution < 1.29 is 29.4 Å². The van der Waals surface area contributed by atoms with Gasteiger partial charge in [0.25, 0.3) is 11.5 Å². The fourth-order valence-corrected chi connectivity index (χ4v) is 5.28. The Balaban J connectivity index is 0.00000161. The van der Waals surface area contributed by atoms with Crippen molar-refractivity contribution in [3.63, 3.8) is 0 Å². The lowest BCUT2D eigenvalue weighted by Crippen LogP contribution is -2.28. The van der Waals surface area contributed by atoms with Gasteiger partial charge >= 0.3 is 5.97 Å². The highest BCUT2D eigenvalue weighted by atomic mass is 16.4. The Kier molecular flexibility index (Phi) is 25.2. The molecule has 1 aliphatic rings. The molecule has 3 aromatic rings. The van der Waals surface area contributed by atoms with Gasteiger partial charge in [0.05, 0.1) is 16.9 Å². The molecular weight excluding hydrogens is 713 g/mol. The van der Waals surface area contributed by atoms with E-state index in [1.54, 1.807) is 55.3 Å². The lowest BCUT2D eigenvalue weighted by atomic mass is 10.0. The highest BCUT2D eigenvalue weighted by Gasteiger charge is 2.29. The lowest BCUT2D eigenvalue weighted by Gasteiger charge is -2.26. The molecule has 1 atom stereocenters. The van der Waals surface area contributed by atoms with Crippen LogP contribution >= 0.6 is 0 Å². The minimum absolute atomic E-state index is 0.00498. The Labute approximate surface area is 331 Å². The fourth-order valence-electron chi connectivity index (χ4n) is 5.28. The van der Waals surface area contributed by atoms with E-state index < -0.39 is 5.97 Å². The Morgan fingerprint density at radius 1 is 1.04 bits per heavy atom. The Morgan fingerprint density at radius 2 is 1.64 bits per heavy atom. The second-order valence-corrected chi connectivity index (χ2v) is 11.4. The van der Waals surface area contributed by atoms with Gasteiger partial charge in [-0.1, -0.05) is 52.8 Å². The first kappa shape index (κ1) is 49.8. The van der Waals surface area contributed by atoms with Crippen LogP contribution in [0.2, 0.25) is 0 Å². The van der Waals surface area contributed by atoms with Crippen LogP contribution in [0.3, 0.4) is 0 Å². The van der Waals surface area contributed by atoms with E-state index in [1.807, 2.05) is 46.8 Å². The maximum atomic E-state index is 12.6. The van der Waals surface area contributed by atoms with Gasteiger partial charge in [-0.05, 0) is 87.1 Å². The summed E-state index contributed by atoms with van der Waals surface area (Å²) in [5, 5.41) is 26.3. The molecule has 4 rings (SSSR count). The zero-order valence-corrected chi connectivity index (χ0v) is 33.8. The molecule has 0 saturated carbocycles. The summed E-state index contributed by atoms with van der Waals surface area (Å²) in [5.41, 5.74) is 3.88. The lowest BCUT2D eigenvalue weighted by molar-refractivity contribution is -0.137. The number of rotatable bonds is 14. The number of benzene rings is 2. The maximum absolute atomic E-state index is 12.6. The molecule has 0 saturated heterocycles. The predicted octanol–water partition coefficient (Wildman–Crippen LogP) is 5.55. The molecule has 0 aliphatic heterocycles. The van der Waals surface area contributed by atoms with Crippen molar-refractivity contribution in [1.29, 1.82) is 0 Å². The van der Waals surface area contributed by atoms with E-state index in [1.165, 1.54) is 0 Å². The molecule has 13 heteroatoms. The first-order valence-corrected chi connectivity index (χ1v) is 18.6. The van der Waals surface area contributed by atoms with E-state index in [0.717, 1.165) is 29.7 Å². The van der Waals surface area contributed by atoms with Crippen LogP contribution in [-0.4, -0.2) is 64.0 Å². The summed E-state index contributed by atoms with van der Waals surface area (Å²) >= 11 is 0. The number of terminal acetylenes is 2. The molecule has 56 heavy (non-hydrogen) atoms. The second-order valence-electron chi connectivity index (χ2n) is 11.4. The monoisotopic (exact) mass is 770 g/mol. The number of hydrogen-bond donors (Lipinski definition) is 6. The second kappa shape index (κ2) is 28.3. The number of carboxylic acids is 1. The topological polar surface area (TPSA) is 194 Å². The summed E-state index contributed by atoms with van der Waals surface area (Å²) in [6.07, 6.45) is 16.5. The summed E-state index contributed by atoms with van der Waals surface area (Å²) in [5.74, 6) is 0.983. The largest absolute Gasteiger partial charge is 0.481 e. The third kappa shape index (κ3) is 16.5. The molecule has 0 bridgehead atoms. The Hall–Kier alpha value is -6.18. The van der Waals surface area contributed by atoms with Gasteiger partial charge in [0, 0.05) is 55.8 Å². The number of aromatic nitrogens is 2. The summed E-state index contributed by atoms with van der Waals surface area (Å²) in [6, 6.07) is 13.2. The van der Waals surface area contributed by atoms with Crippen molar-refractivity contribution in [2.45, 2.75) is 92.7 Å². The van der Waals surface area contributed by atoms with E-state index in [0.29, 0.717) is 48.0 Å². The van der Waals surface area contributed by atoms with Crippen molar-refractivity contribution in [2.24, 2.45) is 0 Å². The van der Waals surface area contributed by atoms with Gasteiger partial charge in [-0.25, -0.2) is 4.98 Å². The number of aliphatic hydroxyl groups excluding tert-OH is 1. The van der Waals surface area contributed by atoms with Crippen LogP contribution in [0.4, 0.5) is 5.69 Å². The molecule has 0 radical (unpaired) electrons. The van der Waals surface area contributed by atoms with Crippen molar-refractivity contribution in [3.05, 3.63) is 93.6 Å². The predicted molar refractivity (Wildman–Crippen MR) is 224 cm³/mol. The molecule has 13 nitrogen and oxygen atoms in total. The third-order valence-corrected chi connectivity index (χ3v) is 7.71. The molecule has 6 N–H and O–H groups in total. The number of carboxylic acid groups (broad SMARTS) is 1. The minimum atomic E-state index is -0.899. The number of amides is 3. The molecule has 1 aromatic heterocycles. The molecule has 1 unspecified atom stereocenters. The van der Waals surface area contributed by atoms with Gasteiger partial charge in [0.1, 0.15) is 12.4 Å². The zero-order chi connectivity index (χ0) is 42.6. The number of anilines is 1. The number of carbonyl (C=O) groups is 4. The number of carbonyl (C=O) groups excluding carboxylic acids is 3. The number of nitrogens with one attached hydrogen (secondary N) is 4. The highest BCUT2D eigenvalue weighted by Crippen LogP contribution is 2.39. The van der Waals surface area contributed by atoms with Crippen LogP contribution in [0.15, 0.2) is 65.5 Å². The van der Waals surface area contributed by atoms with Gasteiger partial charge < -0.3 is 31.1 Å². The number of aliphatic hydroxyl groups is 1. The van der Waals surface area contributed by atoms with Crippen molar-refractivity contribution >= 4 is 40.3 Å². The van der Waals surface area contributed by atoms with Crippen LogP contribution in [0.5, 0.6) is 0 Å². The smallest absolute Gasteiger partial charge is 0.303 e. The third-order valence-electron chi connectivity index (χ3n) is 7.71. The molecular formula is C43H58N6O7. The molecule has 3 amide bonds. The number of aliphatic carboxylic acids is 1. The number of allylic oxidation sites excluding steroid dienone is 1. The molecule has 0 spiro atoms. The molecule has 1 aliphatic carbocycles. The van der Waals surface area contributed by atoms with E-state index in [9.17, 15) is 29.1 Å². The number of hydrogen-bond acceptors (Lipinski definition) is 8. The van der Waals surface area contributed by atoms with Gasteiger partial charge in [0.2, 0.25) is 11.8 Å². The minimum Gasteiger partial charge on any atom is -0.481 e. The van der Waals surface area contributed by atoms with Gasteiger partial charge in [-0.2, -0.15) is 0 Å². The van der Waals surface area contributed by atoms with Gasteiger partial charge in [-0.3, -0.25) is 28.9 Å². The molecule has 1 heterocycles. The first-order valence-electron chi connectivity index (χ1n) is 18.6. The quantitative estimate of drug-likeness (QED) is 0.0401. The number of H-pyrrole nitrogens is 1. The summed E-state index contributed by atoms with van der Waals surface area (Å²) in [6.45, 7) is 15.3. The summed E-state index contributed by atoms with van der Waals surface area (Å²) in [7, 11) is 1.58. The Morgan fingerprint density at radius 3 is 2.20 bits per heavy atom. The van der Waals surface area contributed by atoms with E-state index in [4.69, 9.17) is 11.5 Å². The van der Waals surface area contributed by atoms with Crippen LogP contribution < -0.4 is 26.4 Å². The standard InChI is InChI=1S/C29H31N5O6.C7H11NO.C3H4.2C2H6/c1-2-34(24-12-9-19-15-23-22(16-21(19)24)29(40)33-25(17-35)32-23)20-10-7-18(8-11-20)28(39)31-14-3-5-26(36)30-13-4-6-27(37)38;1-4-5-6(2)7(9)8-3;1-3-2;2*1-2/h1,7-8,10-11,15-16,24,35H,3-6,9,12-14,17H2,(H,30,36)(H,31,39)(H,37,38)(H,32,33,40);4-5H,2H2,1,3H3,(H,8,9);1H,2H3;2*1-2H3/b;5-4-;;;. The highest BCUT2D eigenvalue weighted by molar-refractivity contribution is 5.95. The summed E-state index contributed by atoms with van der Waals surface area (Å²) in [4.78, 5) is 66.7. The Bertz CT molecular complexity index is 1900. The van der Waals surface area contributed by atoms with E-state index >= 15 is 0 Å². The van der Waals surface area contributed by atoms with Crippen molar-refractivity contribution in [2.75, 3.05) is 25.0 Å². The molecule has 2 aromatic carbocycles. The fraction of sp³-hybridized carbons (Fsp3) is 0.395. The van der Waals surface area contributed by atoms with Crippen LogP contribution in [0.1, 0.15) is 107 Å². The first-order chi connectivity index (χ1) is 26.9. The number of fused-ring (bicyclic) bond motifs is 2. The van der Waals surface area contributed by atoms with E-state index in [-0.39, 0.29) is 54.6 Å². The molecule has 0 fully saturated rings. The normalized spacial score (nSPS) is 11.8.